The lowest BCUT2D eigenvalue weighted by molar-refractivity contribution is -0.115. The van der Waals surface area contributed by atoms with E-state index in [9.17, 15) is 4.79 Å². The molecule has 2 heterocycles. The Morgan fingerprint density at radius 2 is 1.97 bits per heavy atom. The van der Waals surface area contributed by atoms with Crippen LogP contribution >= 0.6 is 23.1 Å². The summed E-state index contributed by atoms with van der Waals surface area (Å²) in [6, 6.07) is 16.7. The van der Waals surface area contributed by atoms with Gasteiger partial charge in [0, 0.05) is 18.2 Å². The maximum atomic E-state index is 12.7. The zero-order valence-corrected chi connectivity index (χ0v) is 19.0. The summed E-state index contributed by atoms with van der Waals surface area (Å²) in [7, 11) is 0. The Balaban J connectivity index is 1.20. The summed E-state index contributed by atoms with van der Waals surface area (Å²) in [4.78, 5) is 17.4. The molecule has 1 atom stereocenters. The first-order valence-corrected chi connectivity index (χ1v) is 12.1. The molecule has 1 aliphatic rings. The largest absolute Gasteiger partial charge is 0.325 e. The molecular weight excluding hydrogens is 426 g/mol. The molecule has 0 spiro atoms. The van der Waals surface area contributed by atoms with Crippen molar-refractivity contribution in [2.75, 3.05) is 5.32 Å². The first-order valence-electron chi connectivity index (χ1n) is 10.4. The summed E-state index contributed by atoms with van der Waals surface area (Å²) in [5, 5.41) is 13.1. The van der Waals surface area contributed by atoms with Crippen molar-refractivity contribution < 1.29 is 4.79 Å². The highest BCUT2D eigenvalue weighted by Crippen LogP contribution is 2.39. The summed E-state index contributed by atoms with van der Waals surface area (Å²) in [5.74, 6) is 0.883. The van der Waals surface area contributed by atoms with Crippen LogP contribution in [0.1, 0.15) is 42.2 Å². The number of aryl methyl sites for hydroxylation is 1. The van der Waals surface area contributed by atoms with E-state index in [1.807, 2.05) is 56.3 Å². The Morgan fingerprint density at radius 1 is 1.19 bits per heavy atom. The van der Waals surface area contributed by atoms with Crippen LogP contribution in [0.3, 0.4) is 0 Å². The normalized spacial score (nSPS) is 14.6. The Kier molecular flexibility index (Phi) is 5.50. The SMILES string of the molecule is Cc1nnc(SC(C)C(=O)Nc2ccc(Cc3nc4ccccc4s3)cc2)n1C1CC1. The van der Waals surface area contributed by atoms with E-state index in [4.69, 9.17) is 4.98 Å². The lowest BCUT2D eigenvalue weighted by Crippen LogP contribution is -2.23. The maximum Gasteiger partial charge on any atom is 0.237 e. The molecule has 1 saturated carbocycles. The van der Waals surface area contributed by atoms with Crippen molar-refractivity contribution in [1.29, 1.82) is 0 Å². The number of nitrogens with zero attached hydrogens (tertiary/aromatic N) is 4. The fourth-order valence-corrected chi connectivity index (χ4v) is 5.48. The van der Waals surface area contributed by atoms with Gasteiger partial charge in [-0.05, 0) is 56.5 Å². The third-order valence-electron chi connectivity index (χ3n) is 5.31. The summed E-state index contributed by atoms with van der Waals surface area (Å²) < 4.78 is 3.37. The predicted molar refractivity (Wildman–Crippen MR) is 126 cm³/mol. The minimum Gasteiger partial charge on any atom is -0.325 e. The monoisotopic (exact) mass is 449 g/mol. The van der Waals surface area contributed by atoms with E-state index in [0.717, 1.165) is 46.5 Å². The highest BCUT2D eigenvalue weighted by atomic mass is 32.2. The van der Waals surface area contributed by atoms with E-state index in [-0.39, 0.29) is 11.2 Å². The van der Waals surface area contributed by atoms with Gasteiger partial charge < -0.3 is 9.88 Å². The zero-order valence-electron chi connectivity index (χ0n) is 17.4. The van der Waals surface area contributed by atoms with Gasteiger partial charge in [0.25, 0.3) is 0 Å². The van der Waals surface area contributed by atoms with Gasteiger partial charge in [-0.2, -0.15) is 0 Å². The van der Waals surface area contributed by atoms with Crippen LogP contribution in [-0.2, 0) is 11.2 Å². The summed E-state index contributed by atoms with van der Waals surface area (Å²) >= 11 is 3.19. The number of amides is 1. The van der Waals surface area contributed by atoms with Crippen molar-refractivity contribution in [3.8, 4) is 0 Å². The van der Waals surface area contributed by atoms with Crippen molar-refractivity contribution >= 4 is 44.9 Å². The van der Waals surface area contributed by atoms with Gasteiger partial charge in [0.05, 0.1) is 20.5 Å². The second-order valence-electron chi connectivity index (χ2n) is 7.83. The van der Waals surface area contributed by atoms with Crippen LogP contribution in [0.25, 0.3) is 10.2 Å². The van der Waals surface area contributed by atoms with Gasteiger partial charge >= 0.3 is 0 Å². The predicted octanol–water partition coefficient (Wildman–Crippen LogP) is 5.24. The van der Waals surface area contributed by atoms with Crippen LogP contribution in [0.15, 0.2) is 53.7 Å². The van der Waals surface area contributed by atoms with Gasteiger partial charge in [0.2, 0.25) is 5.91 Å². The second kappa shape index (κ2) is 8.43. The van der Waals surface area contributed by atoms with E-state index < -0.39 is 0 Å². The molecule has 0 bridgehead atoms. The second-order valence-corrected chi connectivity index (χ2v) is 10.3. The number of benzene rings is 2. The summed E-state index contributed by atoms with van der Waals surface area (Å²) in [6.07, 6.45) is 3.11. The van der Waals surface area contributed by atoms with Crippen LogP contribution in [0.5, 0.6) is 0 Å². The van der Waals surface area contributed by atoms with Gasteiger partial charge in [0.1, 0.15) is 5.82 Å². The van der Waals surface area contributed by atoms with Crippen LogP contribution in [0.2, 0.25) is 0 Å². The highest BCUT2D eigenvalue weighted by Gasteiger charge is 2.29. The fourth-order valence-electron chi connectivity index (χ4n) is 3.52. The third-order valence-corrected chi connectivity index (χ3v) is 7.41. The Labute approximate surface area is 189 Å². The van der Waals surface area contributed by atoms with Crippen LogP contribution in [-0.4, -0.2) is 30.9 Å². The average Bonchev–Trinajstić information content (AvgIpc) is 3.41. The molecule has 0 saturated heterocycles. The standard InChI is InChI=1S/C23H23N5OS2/c1-14(30-23-27-26-15(2)28(23)18-11-12-18)22(29)24-17-9-7-16(8-10-17)13-21-25-19-5-3-4-6-20(19)31-21/h3-10,14,18H,11-13H2,1-2H3,(H,24,29). The number of thioether (sulfide) groups is 1. The topological polar surface area (TPSA) is 72.7 Å². The summed E-state index contributed by atoms with van der Waals surface area (Å²) in [5.41, 5.74) is 3.02. The molecule has 2 aromatic heterocycles. The van der Waals surface area contributed by atoms with Crippen LogP contribution in [0.4, 0.5) is 5.69 Å². The quantitative estimate of drug-likeness (QED) is 0.391. The average molecular weight is 450 g/mol. The molecule has 0 radical (unpaired) electrons. The fraction of sp³-hybridized carbons (Fsp3) is 0.304. The number of carbonyl (C=O) groups is 1. The van der Waals surface area contributed by atoms with Crippen molar-refractivity contribution in [3.05, 3.63) is 64.9 Å². The number of aromatic nitrogens is 4. The number of hydrogen-bond donors (Lipinski definition) is 1. The van der Waals surface area contributed by atoms with Crippen LogP contribution < -0.4 is 5.32 Å². The first kappa shape index (κ1) is 20.2. The number of rotatable bonds is 7. The van der Waals surface area contributed by atoms with Crippen molar-refractivity contribution in [2.45, 2.75) is 49.6 Å². The van der Waals surface area contributed by atoms with Crippen molar-refractivity contribution in [1.82, 2.24) is 19.7 Å². The number of carbonyl (C=O) groups excluding carboxylic acids is 1. The number of nitrogens with one attached hydrogen (secondary N) is 1. The molecule has 4 aromatic rings. The molecule has 0 aliphatic heterocycles. The lowest BCUT2D eigenvalue weighted by atomic mass is 10.1. The first-order chi connectivity index (χ1) is 15.1. The Hall–Kier alpha value is -2.71. The van der Waals surface area contributed by atoms with Gasteiger partial charge in [-0.25, -0.2) is 4.98 Å². The molecule has 1 fully saturated rings. The molecule has 1 unspecified atom stereocenters. The van der Waals surface area contributed by atoms with Crippen molar-refractivity contribution in [3.63, 3.8) is 0 Å². The molecule has 5 rings (SSSR count). The molecule has 1 N–H and O–H groups in total. The molecule has 8 heteroatoms. The number of thiazole rings is 1. The smallest absolute Gasteiger partial charge is 0.237 e. The molecule has 158 valence electrons. The lowest BCUT2D eigenvalue weighted by Gasteiger charge is -2.13. The van der Waals surface area contributed by atoms with E-state index in [2.05, 4.69) is 26.1 Å². The maximum absolute atomic E-state index is 12.7. The molecule has 1 aliphatic carbocycles. The van der Waals surface area contributed by atoms with Gasteiger partial charge in [0.15, 0.2) is 5.16 Å². The number of hydrogen-bond acceptors (Lipinski definition) is 6. The molecule has 2 aromatic carbocycles. The van der Waals surface area contributed by atoms with Gasteiger partial charge in [-0.3, -0.25) is 4.79 Å². The number of anilines is 1. The Morgan fingerprint density at radius 3 is 2.71 bits per heavy atom. The molecular formula is C23H23N5OS2. The highest BCUT2D eigenvalue weighted by molar-refractivity contribution is 8.00. The minimum absolute atomic E-state index is 0.0353. The van der Waals surface area contributed by atoms with Gasteiger partial charge in [-0.1, -0.05) is 36.0 Å². The molecule has 31 heavy (non-hydrogen) atoms. The van der Waals surface area contributed by atoms with E-state index >= 15 is 0 Å². The Bertz CT molecular complexity index is 1190. The van der Waals surface area contributed by atoms with E-state index in [1.165, 1.54) is 22.0 Å². The minimum atomic E-state index is -0.261. The van der Waals surface area contributed by atoms with Gasteiger partial charge in [-0.15, -0.1) is 21.5 Å². The molecule has 6 nitrogen and oxygen atoms in total. The van der Waals surface area contributed by atoms with Crippen molar-refractivity contribution in [2.24, 2.45) is 0 Å². The van der Waals surface area contributed by atoms with Crippen LogP contribution in [0, 0.1) is 6.92 Å². The summed E-state index contributed by atoms with van der Waals surface area (Å²) in [6.45, 7) is 3.87. The van der Waals surface area contributed by atoms with E-state index in [0.29, 0.717) is 6.04 Å². The van der Waals surface area contributed by atoms with E-state index in [1.54, 1.807) is 11.3 Å². The molecule has 1 amide bonds. The zero-order chi connectivity index (χ0) is 21.4. The number of para-hydroxylation sites is 1. The number of fused-ring (bicyclic) bond motifs is 1. The third kappa shape index (κ3) is 4.50.